The van der Waals surface area contributed by atoms with Gasteiger partial charge >= 0.3 is 0 Å². The predicted molar refractivity (Wildman–Crippen MR) is 80.8 cm³/mol. The molecule has 1 atom stereocenters. The molecule has 2 heterocycles. The van der Waals surface area contributed by atoms with Crippen molar-refractivity contribution in [3.8, 4) is 0 Å². The second kappa shape index (κ2) is 6.15. The maximum Gasteiger partial charge on any atom is 0.254 e. The number of nitrogens with one attached hydrogen (secondary N) is 1. The van der Waals surface area contributed by atoms with E-state index in [2.05, 4.69) is 9.88 Å². The highest BCUT2D eigenvalue weighted by atomic mass is 32.1. The van der Waals surface area contributed by atoms with Gasteiger partial charge in [-0.05, 0) is 13.0 Å². The van der Waals surface area contributed by atoms with Crippen molar-refractivity contribution in [2.75, 3.05) is 26.2 Å². The first-order chi connectivity index (χ1) is 9.49. The second-order valence-electron chi connectivity index (χ2n) is 4.85. The monoisotopic (exact) mass is 294 g/mol. The quantitative estimate of drug-likeness (QED) is 0.755. The van der Waals surface area contributed by atoms with Gasteiger partial charge in [-0.15, -0.1) is 0 Å². The van der Waals surface area contributed by atoms with Crippen LogP contribution in [0.4, 0.5) is 0 Å². The highest BCUT2D eigenvalue weighted by Crippen LogP contribution is 2.10. The minimum absolute atomic E-state index is 0.0434. The molecule has 6 nitrogen and oxygen atoms in total. The van der Waals surface area contributed by atoms with Crippen molar-refractivity contribution in [3.05, 3.63) is 34.2 Å². The molecule has 1 fully saturated rings. The standard InChI is InChI=1S/C13H18N4O2S/c1-9(12(14)20)16-4-6-17(7-5-16)13(19)10-2-3-15-11(18)8-10/h2-3,8-9H,4-7H2,1H3,(H2,14,20)(H,15,18). The van der Waals surface area contributed by atoms with Crippen molar-refractivity contribution < 1.29 is 4.79 Å². The van der Waals surface area contributed by atoms with Gasteiger partial charge in [0.25, 0.3) is 5.91 Å². The second-order valence-corrected chi connectivity index (χ2v) is 5.32. The molecule has 1 unspecified atom stereocenters. The number of nitrogens with two attached hydrogens (primary N) is 1. The van der Waals surface area contributed by atoms with Crippen LogP contribution in [-0.2, 0) is 0 Å². The molecule has 0 bridgehead atoms. The van der Waals surface area contributed by atoms with Gasteiger partial charge in [-0.25, -0.2) is 0 Å². The summed E-state index contributed by atoms with van der Waals surface area (Å²) in [6, 6.07) is 2.99. The van der Waals surface area contributed by atoms with Crippen LogP contribution in [0.15, 0.2) is 23.1 Å². The van der Waals surface area contributed by atoms with Crippen LogP contribution in [0, 0.1) is 0 Å². The molecule has 1 aromatic rings. The lowest BCUT2D eigenvalue weighted by atomic mass is 10.2. The van der Waals surface area contributed by atoms with Gasteiger partial charge in [0.2, 0.25) is 5.56 Å². The van der Waals surface area contributed by atoms with Crippen LogP contribution in [-0.4, -0.2) is 57.9 Å². The summed E-state index contributed by atoms with van der Waals surface area (Å²) >= 11 is 4.99. The molecule has 1 aliphatic heterocycles. The number of aromatic amines is 1. The fraction of sp³-hybridized carbons (Fsp3) is 0.462. The fourth-order valence-electron chi connectivity index (χ4n) is 2.25. The molecule has 20 heavy (non-hydrogen) atoms. The van der Waals surface area contributed by atoms with E-state index in [1.54, 1.807) is 11.0 Å². The number of amides is 1. The van der Waals surface area contributed by atoms with Gasteiger partial charge in [-0.1, -0.05) is 12.2 Å². The van der Waals surface area contributed by atoms with Crippen LogP contribution in [0.25, 0.3) is 0 Å². The van der Waals surface area contributed by atoms with Gasteiger partial charge in [0.1, 0.15) is 0 Å². The number of pyridine rings is 1. The van der Waals surface area contributed by atoms with E-state index in [0.717, 1.165) is 13.1 Å². The summed E-state index contributed by atoms with van der Waals surface area (Å²) in [5.74, 6) is -0.112. The van der Waals surface area contributed by atoms with Crippen molar-refractivity contribution in [2.24, 2.45) is 5.73 Å². The zero-order valence-electron chi connectivity index (χ0n) is 11.3. The van der Waals surface area contributed by atoms with E-state index in [0.29, 0.717) is 23.6 Å². The number of H-pyrrole nitrogens is 1. The molecule has 0 radical (unpaired) electrons. The number of aromatic nitrogens is 1. The molecule has 1 saturated heterocycles. The Bertz CT molecular complexity index is 563. The van der Waals surface area contributed by atoms with E-state index in [1.807, 2.05) is 6.92 Å². The number of rotatable bonds is 3. The smallest absolute Gasteiger partial charge is 0.254 e. The molecule has 1 aliphatic rings. The maximum atomic E-state index is 12.3. The molecule has 1 aromatic heterocycles. The summed E-state index contributed by atoms with van der Waals surface area (Å²) in [4.78, 5) is 30.4. The van der Waals surface area contributed by atoms with Crippen molar-refractivity contribution in [1.29, 1.82) is 0 Å². The summed E-state index contributed by atoms with van der Waals surface area (Å²) in [7, 11) is 0. The van der Waals surface area contributed by atoms with Crippen LogP contribution < -0.4 is 11.3 Å². The lowest BCUT2D eigenvalue weighted by molar-refractivity contribution is 0.0621. The molecule has 2 rings (SSSR count). The molecule has 0 aliphatic carbocycles. The third kappa shape index (κ3) is 3.23. The lowest BCUT2D eigenvalue weighted by Gasteiger charge is -2.37. The van der Waals surface area contributed by atoms with Gasteiger partial charge in [0.05, 0.1) is 11.0 Å². The van der Waals surface area contributed by atoms with Gasteiger partial charge in [-0.2, -0.15) is 0 Å². The molecule has 7 heteroatoms. The van der Waals surface area contributed by atoms with E-state index in [9.17, 15) is 9.59 Å². The summed E-state index contributed by atoms with van der Waals surface area (Å²) < 4.78 is 0. The molecule has 1 amide bonds. The van der Waals surface area contributed by atoms with Crippen molar-refractivity contribution >= 4 is 23.1 Å². The lowest BCUT2D eigenvalue weighted by Crippen LogP contribution is -2.54. The summed E-state index contributed by atoms with van der Waals surface area (Å²) in [6.45, 7) is 4.65. The SMILES string of the molecule is CC(C(N)=S)N1CCN(C(=O)c2cc[nH]c(=O)c2)CC1. The minimum atomic E-state index is -0.267. The van der Waals surface area contributed by atoms with Crippen molar-refractivity contribution in [3.63, 3.8) is 0 Å². The van der Waals surface area contributed by atoms with Crippen LogP contribution in [0.5, 0.6) is 0 Å². The highest BCUT2D eigenvalue weighted by Gasteiger charge is 2.25. The first-order valence-electron chi connectivity index (χ1n) is 6.50. The number of nitrogens with zero attached hydrogens (tertiary/aromatic N) is 2. The van der Waals surface area contributed by atoms with E-state index in [4.69, 9.17) is 18.0 Å². The van der Waals surface area contributed by atoms with Crippen LogP contribution in [0.2, 0.25) is 0 Å². The Balaban J connectivity index is 1.99. The Kier molecular flexibility index (Phi) is 4.51. The Morgan fingerprint density at radius 3 is 2.60 bits per heavy atom. The van der Waals surface area contributed by atoms with Crippen LogP contribution in [0.1, 0.15) is 17.3 Å². The average molecular weight is 294 g/mol. The van der Waals surface area contributed by atoms with E-state index in [1.165, 1.54) is 12.3 Å². The Morgan fingerprint density at radius 1 is 1.40 bits per heavy atom. The molecule has 0 saturated carbocycles. The fourth-order valence-corrected chi connectivity index (χ4v) is 2.40. The molecule has 0 spiro atoms. The Morgan fingerprint density at radius 2 is 2.05 bits per heavy atom. The largest absolute Gasteiger partial charge is 0.392 e. The van der Waals surface area contributed by atoms with Crippen LogP contribution >= 0.6 is 12.2 Å². The van der Waals surface area contributed by atoms with E-state index < -0.39 is 0 Å². The zero-order valence-corrected chi connectivity index (χ0v) is 12.2. The summed E-state index contributed by atoms with van der Waals surface area (Å²) in [5.41, 5.74) is 5.79. The first kappa shape index (κ1) is 14.7. The van der Waals surface area contributed by atoms with Crippen LogP contribution in [0.3, 0.4) is 0 Å². The normalized spacial score (nSPS) is 17.8. The third-order valence-electron chi connectivity index (χ3n) is 3.58. The van der Waals surface area contributed by atoms with E-state index >= 15 is 0 Å². The minimum Gasteiger partial charge on any atom is -0.392 e. The van der Waals surface area contributed by atoms with Crippen molar-refractivity contribution in [1.82, 2.24) is 14.8 Å². The maximum absolute atomic E-state index is 12.3. The Hall–Kier alpha value is -1.73. The zero-order chi connectivity index (χ0) is 14.7. The average Bonchev–Trinajstić information content (AvgIpc) is 2.46. The first-order valence-corrected chi connectivity index (χ1v) is 6.91. The van der Waals surface area contributed by atoms with Gasteiger partial charge in [0.15, 0.2) is 0 Å². The number of hydrogen-bond donors (Lipinski definition) is 2. The summed E-state index contributed by atoms with van der Waals surface area (Å²) in [5, 5.41) is 0. The van der Waals surface area contributed by atoms with Gasteiger partial charge in [0, 0.05) is 44.0 Å². The molecular weight excluding hydrogens is 276 g/mol. The number of hydrogen-bond acceptors (Lipinski definition) is 4. The molecule has 3 N–H and O–H groups in total. The Labute approximate surface area is 122 Å². The number of thiocarbonyl (C=S) groups is 1. The van der Waals surface area contributed by atoms with Crippen molar-refractivity contribution in [2.45, 2.75) is 13.0 Å². The topological polar surface area (TPSA) is 82.4 Å². The van der Waals surface area contributed by atoms with Gasteiger partial charge in [-0.3, -0.25) is 14.5 Å². The molecule has 108 valence electrons. The molecular formula is C13H18N4O2S. The summed E-state index contributed by atoms with van der Waals surface area (Å²) in [6.07, 6.45) is 1.49. The molecule has 0 aromatic carbocycles. The third-order valence-corrected chi connectivity index (χ3v) is 3.92. The predicted octanol–water partition coefficient (Wildman–Crippen LogP) is -0.193. The van der Waals surface area contributed by atoms with E-state index in [-0.39, 0.29) is 17.5 Å². The number of carbonyl (C=O) groups excluding carboxylic acids is 1. The van der Waals surface area contributed by atoms with Gasteiger partial charge < -0.3 is 15.6 Å². The highest BCUT2D eigenvalue weighted by molar-refractivity contribution is 7.80. The number of carbonyl (C=O) groups is 1. The number of piperazine rings is 1.